The van der Waals surface area contributed by atoms with Gasteiger partial charge in [0, 0.05) is 30.1 Å². The van der Waals surface area contributed by atoms with Crippen molar-refractivity contribution < 1.29 is 5.11 Å². The van der Waals surface area contributed by atoms with E-state index in [4.69, 9.17) is 10.7 Å². The predicted octanol–water partition coefficient (Wildman–Crippen LogP) is 2.43. The van der Waals surface area contributed by atoms with Gasteiger partial charge in [-0.15, -0.1) is 0 Å². The Bertz CT molecular complexity index is 608. The molecule has 2 aromatic rings. The van der Waals surface area contributed by atoms with Gasteiger partial charge in [0.25, 0.3) is 0 Å². The van der Waals surface area contributed by atoms with Crippen molar-refractivity contribution in [3.05, 3.63) is 35.9 Å². The van der Waals surface area contributed by atoms with Crippen LogP contribution in [0.15, 0.2) is 30.3 Å². The average molecular weight is 285 g/mol. The number of benzene rings is 1. The van der Waals surface area contributed by atoms with Crippen molar-refractivity contribution in [2.45, 2.75) is 38.3 Å². The maximum absolute atomic E-state index is 9.43. The van der Waals surface area contributed by atoms with Crippen LogP contribution in [0.25, 0.3) is 10.9 Å². The maximum atomic E-state index is 9.43. The normalized spacial score (nSPS) is 15.7. The smallest absolute Gasteiger partial charge is 0.134 e. The number of aliphatic hydroxyl groups is 1. The van der Waals surface area contributed by atoms with Crippen LogP contribution in [0.3, 0.4) is 0 Å². The number of rotatable bonds is 5. The molecule has 0 radical (unpaired) electrons. The predicted molar refractivity (Wildman–Crippen MR) is 86.3 cm³/mol. The van der Waals surface area contributed by atoms with Gasteiger partial charge in [-0.2, -0.15) is 0 Å². The molecule has 1 aliphatic carbocycles. The highest BCUT2D eigenvalue weighted by Gasteiger charge is 2.25. The molecule has 21 heavy (non-hydrogen) atoms. The fourth-order valence-corrected chi connectivity index (χ4v) is 3.33. The zero-order valence-electron chi connectivity index (χ0n) is 12.3. The Morgan fingerprint density at radius 2 is 2.00 bits per heavy atom. The summed E-state index contributed by atoms with van der Waals surface area (Å²) in [5.41, 5.74) is 8.00. The summed E-state index contributed by atoms with van der Waals surface area (Å²) in [6.45, 7) is 1.25. The lowest BCUT2D eigenvalue weighted by molar-refractivity contribution is 0.296. The van der Waals surface area contributed by atoms with Crippen LogP contribution in [0.1, 0.15) is 31.2 Å². The topological polar surface area (TPSA) is 62.4 Å². The molecule has 1 aromatic heterocycles. The molecule has 0 atom stereocenters. The lowest BCUT2D eigenvalue weighted by Gasteiger charge is -2.31. The van der Waals surface area contributed by atoms with Crippen LogP contribution < -0.4 is 10.6 Å². The first kappa shape index (κ1) is 14.3. The standard InChI is InChI=1S/C17H23N3O/c18-12-14-11-13-5-1-4-8-16(13)19-17(14)20(9-10-21)15-6-2-3-7-15/h1,4-5,8,11,15,21H,2-3,6-7,9-10,12,18H2. The van der Waals surface area contributed by atoms with E-state index in [1.54, 1.807) is 0 Å². The second-order valence-electron chi connectivity index (χ2n) is 5.72. The Kier molecular flexibility index (Phi) is 4.36. The minimum absolute atomic E-state index is 0.148. The summed E-state index contributed by atoms with van der Waals surface area (Å²) >= 11 is 0. The number of pyridine rings is 1. The summed E-state index contributed by atoms with van der Waals surface area (Å²) in [5, 5.41) is 10.6. The second kappa shape index (κ2) is 6.41. The van der Waals surface area contributed by atoms with Crippen LogP contribution in [0.4, 0.5) is 5.82 Å². The third kappa shape index (κ3) is 2.87. The van der Waals surface area contributed by atoms with Gasteiger partial charge in [0.15, 0.2) is 0 Å². The number of anilines is 1. The van der Waals surface area contributed by atoms with Crippen molar-refractivity contribution in [1.29, 1.82) is 0 Å². The lowest BCUT2D eigenvalue weighted by atomic mass is 10.1. The third-order valence-corrected chi connectivity index (χ3v) is 4.38. The van der Waals surface area contributed by atoms with Gasteiger partial charge in [0.2, 0.25) is 0 Å². The summed E-state index contributed by atoms with van der Waals surface area (Å²) in [7, 11) is 0. The minimum atomic E-state index is 0.148. The quantitative estimate of drug-likeness (QED) is 0.885. The highest BCUT2D eigenvalue weighted by Crippen LogP contribution is 2.30. The molecule has 0 amide bonds. The van der Waals surface area contributed by atoms with E-state index in [0.717, 1.165) is 22.3 Å². The molecule has 1 aliphatic rings. The lowest BCUT2D eigenvalue weighted by Crippen LogP contribution is -2.37. The van der Waals surface area contributed by atoms with Gasteiger partial charge in [-0.25, -0.2) is 4.98 Å². The van der Waals surface area contributed by atoms with Crippen LogP contribution in [-0.2, 0) is 6.54 Å². The van der Waals surface area contributed by atoms with Crippen molar-refractivity contribution in [3.8, 4) is 0 Å². The Labute approximate surface area is 125 Å². The minimum Gasteiger partial charge on any atom is -0.395 e. The molecule has 1 fully saturated rings. The molecular formula is C17H23N3O. The molecule has 3 rings (SSSR count). The highest BCUT2D eigenvalue weighted by atomic mass is 16.3. The van der Waals surface area contributed by atoms with Crippen LogP contribution in [-0.4, -0.2) is 29.3 Å². The first-order chi connectivity index (χ1) is 10.3. The largest absolute Gasteiger partial charge is 0.395 e. The number of aliphatic hydroxyl groups excluding tert-OH is 1. The number of aromatic nitrogens is 1. The van der Waals surface area contributed by atoms with Crippen molar-refractivity contribution in [2.24, 2.45) is 5.73 Å². The van der Waals surface area contributed by atoms with Gasteiger partial charge >= 0.3 is 0 Å². The molecule has 0 saturated heterocycles. The summed E-state index contributed by atoms with van der Waals surface area (Å²) in [6, 6.07) is 10.7. The Hall–Kier alpha value is -1.65. The van der Waals surface area contributed by atoms with E-state index in [0.29, 0.717) is 19.1 Å². The van der Waals surface area contributed by atoms with E-state index in [1.165, 1.54) is 25.7 Å². The molecule has 1 aromatic carbocycles. The molecule has 0 unspecified atom stereocenters. The van der Waals surface area contributed by atoms with Gasteiger partial charge in [-0.1, -0.05) is 31.0 Å². The number of hydrogen-bond acceptors (Lipinski definition) is 4. The first-order valence-electron chi connectivity index (χ1n) is 7.79. The van der Waals surface area contributed by atoms with Crippen LogP contribution in [0.5, 0.6) is 0 Å². The summed E-state index contributed by atoms with van der Waals surface area (Å²) in [6.07, 6.45) is 4.88. The summed E-state index contributed by atoms with van der Waals surface area (Å²) in [5.74, 6) is 0.956. The number of para-hydroxylation sites is 1. The van der Waals surface area contributed by atoms with Crippen molar-refractivity contribution in [1.82, 2.24) is 4.98 Å². The SMILES string of the molecule is NCc1cc2ccccc2nc1N(CCO)C1CCCC1. The molecular weight excluding hydrogens is 262 g/mol. The van der Waals surface area contributed by atoms with E-state index in [-0.39, 0.29) is 6.61 Å². The van der Waals surface area contributed by atoms with E-state index in [1.807, 2.05) is 18.2 Å². The molecule has 4 heteroatoms. The van der Waals surface area contributed by atoms with E-state index >= 15 is 0 Å². The number of hydrogen-bond donors (Lipinski definition) is 2. The molecule has 3 N–H and O–H groups in total. The molecule has 1 saturated carbocycles. The van der Waals surface area contributed by atoms with E-state index in [9.17, 15) is 5.11 Å². The van der Waals surface area contributed by atoms with Gasteiger partial charge < -0.3 is 15.7 Å². The van der Waals surface area contributed by atoms with Crippen molar-refractivity contribution in [2.75, 3.05) is 18.1 Å². The van der Waals surface area contributed by atoms with Crippen LogP contribution >= 0.6 is 0 Å². The number of nitrogens with two attached hydrogens (primary N) is 1. The van der Waals surface area contributed by atoms with Gasteiger partial charge in [0.05, 0.1) is 12.1 Å². The fraction of sp³-hybridized carbons (Fsp3) is 0.471. The Morgan fingerprint density at radius 1 is 1.24 bits per heavy atom. The van der Waals surface area contributed by atoms with Gasteiger partial charge in [-0.05, 0) is 25.0 Å². The van der Waals surface area contributed by atoms with Crippen molar-refractivity contribution in [3.63, 3.8) is 0 Å². The fourth-order valence-electron chi connectivity index (χ4n) is 3.33. The van der Waals surface area contributed by atoms with Gasteiger partial charge in [-0.3, -0.25) is 0 Å². The molecule has 1 heterocycles. The van der Waals surface area contributed by atoms with Crippen LogP contribution in [0, 0.1) is 0 Å². The molecule has 0 spiro atoms. The highest BCUT2D eigenvalue weighted by molar-refractivity contribution is 5.81. The third-order valence-electron chi connectivity index (χ3n) is 4.38. The number of nitrogens with zero attached hydrogens (tertiary/aromatic N) is 2. The maximum Gasteiger partial charge on any atom is 0.134 e. The monoisotopic (exact) mass is 285 g/mol. The molecule has 0 bridgehead atoms. The summed E-state index contributed by atoms with van der Waals surface area (Å²) in [4.78, 5) is 7.11. The Morgan fingerprint density at radius 3 is 2.71 bits per heavy atom. The zero-order valence-corrected chi connectivity index (χ0v) is 12.3. The average Bonchev–Trinajstić information content (AvgIpc) is 3.05. The second-order valence-corrected chi connectivity index (χ2v) is 5.72. The molecule has 0 aliphatic heterocycles. The van der Waals surface area contributed by atoms with Crippen molar-refractivity contribution >= 4 is 16.7 Å². The molecule has 4 nitrogen and oxygen atoms in total. The van der Waals surface area contributed by atoms with Crippen LogP contribution in [0.2, 0.25) is 0 Å². The summed E-state index contributed by atoms with van der Waals surface area (Å²) < 4.78 is 0. The molecule has 112 valence electrons. The van der Waals surface area contributed by atoms with E-state index in [2.05, 4.69) is 17.0 Å². The number of fused-ring (bicyclic) bond motifs is 1. The first-order valence-corrected chi connectivity index (χ1v) is 7.79. The Balaban J connectivity index is 2.06. The van der Waals surface area contributed by atoms with Gasteiger partial charge in [0.1, 0.15) is 5.82 Å². The zero-order chi connectivity index (χ0) is 14.7. The van der Waals surface area contributed by atoms with E-state index < -0.39 is 0 Å².